The van der Waals surface area contributed by atoms with Gasteiger partial charge in [-0.15, -0.1) is 0 Å². The highest BCUT2D eigenvalue weighted by atomic mass is 35.5. The molecule has 2 heteroatoms. The summed E-state index contributed by atoms with van der Waals surface area (Å²) in [5, 5.41) is 4.34. The first kappa shape index (κ1) is 8.89. The van der Waals surface area contributed by atoms with Crippen molar-refractivity contribution in [3.63, 3.8) is 0 Å². The SMILES string of the molecule is CC(C)C1Cc2cc(Cl)ccc2N1. The molecule has 0 aliphatic carbocycles. The topological polar surface area (TPSA) is 12.0 Å². The molecule has 1 aromatic carbocycles. The fraction of sp³-hybridized carbons (Fsp3) is 0.455. The maximum Gasteiger partial charge on any atom is 0.0410 e. The Hall–Kier alpha value is -0.690. The molecule has 1 N–H and O–H groups in total. The van der Waals surface area contributed by atoms with Crippen LogP contribution in [0.1, 0.15) is 19.4 Å². The minimum absolute atomic E-state index is 0.577. The summed E-state index contributed by atoms with van der Waals surface area (Å²) in [5.74, 6) is 0.672. The van der Waals surface area contributed by atoms with Crippen LogP contribution in [0.15, 0.2) is 18.2 Å². The van der Waals surface area contributed by atoms with Crippen LogP contribution in [-0.2, 0) is 6.42 Å². The molecule has 0 radical (unpaired) electrons. The largest absolute Gasteiger partial charge is 0.381 e. The molecule has 1 atom stereocenters. The molecule has 0 amide bonds. The van der Waals surface area contributed by atoms with Crippen molar-refractivity contribution in [2.24, 2.45) is 5.92 Å². The van der Waals surface area contributed by atoms with E-state index in [0.29, 0.717) is 12.0 Å². The van der Waals surface area contributed by atoms with E-state index in [1.807, 2.05) is 6.07 Å². The van der Waals surface area contributed by atoms with E-state index in [9.17, 15) is 0 Å². The molecule has 0 saturated heterocycles. The first-order valence-electron chi connectivity index (χ1n) is 4.72. The predicted molar refractivity (Wildman–Crippen MR) is 57.4 cm³/mol. The lowest BCUT2D eigenvalue weighted by molar-refractivity contribution is 0.538. The molecule has 0 bridgehead atoms. The number of halogens is 1. The number of rotatable bonds is 1. The van der Waals surface area contributed by atoms with E-state index in [0.717, 1.165) is 11.4 Å². The van der Waals surface area contributed by atoms with Crippen molar-refractivity contribution in [3.05, 3.63) is 28.8 Å². The lowest BCUT2D eigenvalue weighted by Gasteiger charge is -2.14. The van der Waals surface area contributed by atoms with Crippen LogP contribution in [0, 0.1) is 5.92 Å². The van der Waals surface area contributed by atoms with Gasteiger partial charge in [-0.25, -0.2) is 0 Å². The van der Waals surface area contributed by atoms with Crippen LogP contribution in [0.5, 0.6) is 0 Å². The summed E-state index contributed by atoms with van der Waals surface area (Å²) in [7, 11) is 0. The second-order valence-electron chi connectivity index (χ2n) is 4.00. The molecule has 0 aromatic heterocycles. The molecule has 1 nitrogen and oxygen atoms in total. The summed E-state index contributed by atoms with van der Waals surface area (Å²) in [6.07, 6.45) is 1.10. The monoisotopic (exact) mass is 195 g/mol. The van der Waals surface area contributed by atoms with E-state index in [-0.39, 0.29) is 0 Å². The highest BCUT2D eigenvalue weighted by Crippen LogP contribution is 2.30. The van der Waals surface area contributed by atoms with Crippen molar-refractivity contribution in [3.8, 4) is 0 Å². The zero-order valence-electron chi connectivity index (χ0n) is 7.97. The predicted octanol–water partition coefficient (Wildman–Crippen LogP) is 3.33. The molecule has 0 spiro atoms. The Labute approximate surface area is 84.1 Å². The Kier molecular flexibility index (Phi) is 2.20. The van der Waals surface area contributed by atoms with Crippen LogP contribution in [0.4, 0.5) is 5.69 Å². The van der Waals surface area contributed by atoms with E-state index in [2.05, 4.69) is 31.3 Å². The minimum atomic E-state index is 0.577. The van der Waals surface area contributed by atoms with Crippen LogP contribution < -0.4 is 5.32 Å². The van der Waals surface area contributed by atoms with Gasteiger partial charge in [-0.2, -0.15) is 0 Å². The number of hydrogen-bond donors (Lipinski definition) is 1. The molecule has 1 aliphatic heterocycles. The highest BCUT2D eigenvalue weighted by molar-refractivity contribution is 6.30. The summed E-state index contributed by atoms with van der Waals surface area (Å²) in [6.45, 7) is 4.48. The van der Waals surface area contributed by atoms with Gasteiger partial charge in [0.15, 0.2) is 0 Å². The van der Waals surface area contributed by atoms with E-state index >= 15 is 0 Å². The average molecular weight is 196 g/mol. The lowest BCUT2D eigenvalue weighted by atomic mass is 10.0. The Bertz CT molecular complexity index is 320. The molecule has 2 rings (SSSR count). The van der Waals surface area contributed by atoms with Gasteiger partial charge in [-0.1, -0.05) is 25.4 Å². The molecule has 1 unspecified atom stereocenters. The number of fused-ring (bicyclic) bond motifs is 1. The van der Waals surface area contributed by atoms with Gasteiger partial charge in [0.2, 0.25) is 0 Å². The second-order valence-corrected chi connectivity index (χ2v) is 4.44. The number of hydrogen-bond acceptors (Lipinski definition) is 1. The number of anilines is 1. The van der Waals surface area contributed by atoms with Crippen LogP contribution in [0.3, 0.4) is 0 Å². The summed E-state index contributed by atoms with van der Waals surface area (Å²) < 4.78 is 0. The Morgan fingerprint density at radius 3 is 2.92 bits per heavy atom. The molecular formula is C11H14ClN. The molecule has 13 heavy (non-hydrogen) atoms. The molecule has 1 aliphatic rings. The fourth-order valence-corrected chi connectivity index (χ4v) is 1.96. The number of nitrogens with one attached hydrogen (secondary N) is 1. The van der Waals surface area contributed by atoms with Gasteiger partial charge >= 0.3 is 0 Å². The maximum absolute atomic E-state index is 5.92. The van der Waals surface area contributed by atoms with E-state index < -0.39 is 0 Å². The smallest absolute Gasteiger partial charge is 0.0410 e. The molecule has 1 aromatic rings. The Balaban J connectivity index is 2.25. The van der Waals surface area contributed by atoms with Crippen molar-refractivity contribution >= 4 is 17.3 Å². The van der Waals surface area contributed by atoms with Crippen molar-refractivity contribution < 1.29 is 0 Å². The van der Waals surface area contributed by atoms with E-state index in [1.165, 1.54) is 11.3 Å². The second kappa shape index (κ2) is 3.22. The van der Waals surface area contributed by atoms with Crippen LogP contribution in [0.25, 0.3) is 0 Å². The minimum Gasteiger partial charge on any atom is -0.381 e. The third kappa shape index (κ3) is 1.66. The zero-order chi connectivity index (χ0) is 9.42. The van der Waals surface area contributed by atoms with Gasteiger partial charge in [0.25, 0.3) is 0 Å². The Morgan fingerprint density at radius 2 is 2.23 bits per heavy atom. The van der Waals surface area contributed by atoms with E-state index in [1.54, 1.807) is 0 Å². The number of benzene rings is 1. The lowest BCUT2D eigenvalue weighted by Crippen LogP contribution is -2.21. The maximum atomic E-state index is 5.92. The first-order chi connectivity index (χ1) is 6.16. The molecular weight excluding hydrogens is 182 g/mol. The van der Waals surface area contributed by atoms with Gasteiger partial charge in [0.1, 0.15) is 0 Å². The molecule has 1 heterocycles. The van der Waals surface area contributed by atoms with Crippen molar-refractivity contribution in [1.82, 2.24) is 0 Å². The van der Waals surface area contributed by atoms with E-state index in [4.69, 9.17) is 11.6 Å². The molecule has 0 fully saturated rings. The average Bonchev–Trinajstić information content (AvgIpc) is 2.46. The molecule has 70 valence electrons. The van der Waals surface area contributed by atoms with Crippen molar-refractivity contribution in [2.45, 2.75) is 26.3 Å². The van der Waals surface area contributed by atoms with Gasteiger partial charge in [-0.05, 0) is 36.1 Å². The van der Waals surface area contributed by atoms with Crippen LogP contribution in [-0.4, -0.2) is 6.04 Å². The summed E-state index contributed by atoms with van der Waals surface area (Å²) >= 11 is 5.92. The summed E-state index contributed by atoms with van der Waals surface area (Å²) in [6, 6.07) is 6.65. The fourth-order valence-electron chi connectivity index (χ4n) is 1.76. The normalized spacial score (nSPS) is 20.2. The van der Waals surface area contributed by atoms with Crippen LogP contribution >= 0.6 is 11.6 Å². The zero-order valence-corrected chi connectivity index (χ0v) is 8.73. The summed E-state index contributed by atoms with van der Waals surface area (Å²) in [4.78, 5) is 0. The third-order valence-electron chi connectivity index (χ3n) is 2.65. The van der Waals surface area contributed by atoms with Gasteiger partial charge in [-0.3, -0.25) is 0 Å². The quantitative estimate of drug-likeness (QED) is 0.725. The third-order valence-corrected chi connectivity index (χ3v) is 2.89. The highest BCUT2D eigenvalue weighted by Gasteiger charge is 2.22. The molecule has 0 saturated carbocycles. The Morgan fingerprint density at radius 1 is 1.46 bits per heavy atom. The van der Waals surface area contributed by atoms with Crippen molar-refractivity contribution in [1.29, 1.82) is 0 Å². The first-order valence-corrected chi connectivity index (χ1v) is 5.09. The standard InChI is InChI=1S/C11H14ClN/c1-7(2)11-6-8-5-9(12)3-4-10(8)13-11/h3-5,7,11,13H,6H2,1-2H3. The van der Waals surface area contributed by atoms with Gasteiger partial charge < -0.3 is 5.32 Å². The van der Waals surface area contributed by atoms with Crippen molar-refractivity contribution in [2.75, 3.05) is 5.32 Å². The van der Waals surface area contributed by atoms with Gasteiger partial charge in [0, 0.05) is 16.8 Å². The summed E-state index contributed by atoms with van der Waals surface area (Å²) in [5.41, 5.74) is 2.61. The van der Waals surface area contributed by atoms with Crippen LogP contribution in [0.2, 0.25) is 5.02 Å². The van der Waals surface area contributed by atoms with Gasteiger partial charge in [0.05, 0.1) is 0 Å².